The molecule has 3 aromatic heterocycles. The summed E-state index contributed by atoms with van der Waals surface area (Å²) in [5.74, 6) is -0.159. The summed E-state index contributed by atoms with van der Waals surface area (Å²) < 4.78 is 3.77. The molecule has 7 nitrogen and oxygen atoms in total. The van der Waals surface area contributed by atoms with Gasteiger partial charge < -0.3 is 5.32 Å². The van der Waals surface area contributed by atoms with E-state index < -0.39 is 0 Å². The Hall–Kier alpha value is -2.91. The SMILES string of the molecule is Cc1csc(Sc2ccc(NC(=O)CCn3nc4ccccn4c3=O)c(C)c2)n1. The van der Waals surface area contributed by atoms with Crippen molar-refractivity contribution in [1.82, 2.24) is 19.2 Å². The van der Waals surface area contributed by atoms with Gasteiger partial charge in [0.1, 0.15) is 0 Å². The fourth-order valence-corrected chi connectivity index (χ4v) is 4.76. The van der Waals surface area contributed by atoms with Crippen LogP contribution in [0.3, 0.4) is 0 Å². The molecular formula is C20H19N5O2S2. The van der Waals surface area contributed by atoms with Gasteiger partial charge in [0.2, 0.25) is 5.91 Å². The lowest BCUT2D eigenvalue weighted by atomic mass is 10.2. The first-order valence-corrected chi connectivity index (χ1v) is 10.7. The number of anilines is 1. The van der Waals surface area contributed by atoms with Gasteiger partial charge in [-0.3, -0.25) is 9.20 Å². The summed E-state index contributed by atoms with van der Waals surface area (Å²) in [5, 5.41) is 9.19. The molecule has 29 heavy (non-hydrogen) atoms. The van der Waals surface area contributed by atoms with E-state index in [1.807, 2.05) is 43.5 Å². The molecule has 0 fully saturated rings. The van der Waals surface area contributed by atoms with E-state index in [4.69, 9.17) is 0 Å². The lowest BCUT2D eigenvalue weighted by Crippen LogP contribution is -2.24. The Balaban J connectivity index is 1.38. The number of rotatable bonds is 6. The number of fused-ring (bicyclic) bond motifs is 1. The van der Waals surface area contributed by atoms with E-state index in [-0.39, 0.29) is 24.6 Å². The van der Waals surface area contributed by atoms with Gasteiger partial charge in [-0.2, -0.15) is 0 Å². The second-order valence-electron chi connectivity index (χ2n) is 6.57. The zero-order valence-electron chi connectivity index (χ0n) is 16.0. The van der Waals surface area contributed by atoms with Crippen LogP contribution in [0.25, 0.3) is 5.65 Å². The average Bonchev–Trinajstić information content (AvgIpc) is 3.25. The number of thiazole rings is 1. The van der Waals surface area contributed by atoms with Crippen molar-refractivity contribution in [2.75, 3.05) is 5.32 Å². The van der Waals surface area contributed by atoms with E-state index in [1.54, 1.807) is 41.4 Å². The van der Waals surface area contributed by atoms with Crippen molar-refractivity contribution >= 4 is 40.3 Å². The second-order valence-corrected chi connectivity index (χ2v) is 8.75. The number of hydrogen-bond donors (Lipinski definition) is 1. The van der Waals surface area contributed by atoms with Crippen LogP contribution in [0, 0.1) is 13.8 Å². The standard InChI is InChI=1S/C20H19N5O2S2/c1-13-11-15(29-19-21-14(2)12-28-19)6-7-16(13)22-18(26)8-10-25-20(27)24-9-4-3-5-17(24)23-25/h3-7,9,11-12H,8,10H2,1-2H3,(H,22,26). The maximum absolute atomic E-state index is 12.4. The lowest BCUT2D eigenvalue weighted by molar-refractivity contribution is -0.116. The third-order valence-electron chi connectivity index (χ3n) is 4.31. The van der Waals surface area contributed by atoms with Gasteiger partial charge in [-0.15, -0.1) is 16.4 Å². The number of carbonyl (C=O) groups is 1. The smallest absolute Gasteiger partial charge is 0.326 e. The monoisotopic (exact) mass is 425 g/mol. The van der Waals surface area contributed by atoms with Crippen molar-refractivity contribution in [3.63, 3.8) is 0 Å². The fourth-order valence-electron chi connectivity index (χ4n) is 2.85. The normalized spacial score (nSPS) is 11.1. The van der Waals surface area contributed by atoms with E-state index in [0.717, 1.165) is 26.2 Å². The second kappa shape index (κ2) is 8.22. The highest BCUT2D eigenvalue weighted by atomic mass is 32.2. The number of carbonyl (C=O) groups excluding carboxylic acids is 1. The summed E-state index contributed by atoms with van der Waals surface area (Å²) >= 11 is 3.23. The van der Waals surface area contributed by atoms with Crippen LogP contribution in [0.4, 0.5) is 5.69 Å². The Morgan fingerprint density at radius 3 is 2.83 bits per heavy atom. The highest BCUT2D eigenvalue weighted by molar-refractivity contribution is 8.01. The molecule has 0 aliphatic carbocycles. The molecule has 0 atom stereocenters. The summed E-state index contributed by atoms with van der Waals surface area (Å²) in [6.45, 7) is 4.16. The molecule has 3 heterocycles. The van der Waals surface area contributed by atoms with Crippen LogP contribution in [0.15, 0.2) is 62.0 Å². The Kier molecular flexibility index (Phi) is 5.50. The van der Waals surface area contributed by atoms with Crippen molar-refractivity contribution in [1.29, 1.82) is 0 Å². The van der Waals surface area contributed by atoms with E-state index in [9.17, 15) is 9.59 Å². The quantitative estimate of drug-likeness (QED) is 0.509. The minimum atomic E-state index is -0.247. The third kappa shape index (κ3) is 4.41. The molecule has 0 bridgehead atoms. The molecule has 0 saturated heterocycles. The van der Waals surface area contributed by atoms with E-state index in [0.29, 0.717) is 5.65 Å². The predicted octanol–water partition coefficient (Wildman–Crippen LogP) is 3.75. The van der Waals surface area contributed by atoms with E-state index >= 15 is 0 Å². The molecule has 9 heteroatoms. The zero-order valence-corrected chi connectivity index (χ0v) is 17.6. The van der Waals surface area contributed by atoms with Gasteiger partial charge in [0.25, 0.3) is 0 Å². The molecule has 0 saturated carbocycles. The number of aryl methyl sites for hydroxylation is 3. The molecule has 1 N–H and O–H groups in total. The third-order valence-corrected chi connectivity index (χ3v) is 6.36. The van der Waals surface area contributed by atoms with Gasteiger partial charge in [-0.05, 0) is 49.7 Å². The van der Waals surface area contributed by atoms with Crippen LogP contribution >= 0.6 is 23.1 Å². The summed E-state index contributed by atoms with van der Waals surface area (Å²) in [7, 11) is 0. The van der Waals surface area contributed by atoms with Gasteiger partial charge in [0.15, 0.2) is 9.99 Å². The highest BCUT2D eigenvalue weighted by Crippen LogP contribution is 2.32. The van der Waals surface area contributed by atoms with E-state index in [2.05, 4.69) is 15.4 Å². The molecule has 1 amide bonds. The molecular weight excluding hydrogens is 406 g/mol. The molecule has 0 spiro atoms. The summed E-state index contributed by atoms with van der Waals surface area (Å²) in [6, 6.07) is 11.2. The van der Waals surface area contributed by atoms with Crippen LogP contribution in [-0.4, -0.2) is 25.1 Å². The number of amides is 1. The van der Waals surface area contributed by atoms with Gasteiger partial charge in [0, 0.05) is 34.3 Å². The number of benzene rings is 1. The first-order valence-electron chi connectivity index (χ1n) is 9.04. The van der Waals surface area contributed by atoms with Gasteiger partial charge in [-0.1, -0.05) is 17.8 Å². The number of hydrogen-bond acceptors (Lipinski definition) is 6. The Labute approximate surface area is 175 Å². The van der Waals surface area contributed by atoms with Crippen LogP contribution in [-0.2, 0) is 11.3 Å². The molecule has 0 aliphatic rings. The minimum Gasteiger partial charge on any atom is -0.326 e. The summed E-state index contributed by atoms with van der Waals surface area (Å²) in [4.78, 5) is 30.2. The molecule has 148 valence electrons. The van der Waals surface area contributed by atoms with Crippen LogP contribution < -0.4 is 11.0 Å². The zero-order chi connectivity index (χ0) is 20.4. The first-order chi connectivity index (χ1) is 14.0. The predicted molar refractivity (Wildman–Crippen MR) is 115 cm³/mol. The van der Waals surface area contributed by atoms with Crippen molar-refractivity contribution in [3.8, 4) is 0 Å². The number of nitrogens with zero attached hydrogens (tertiary/aromatic N) is 4. The van der Waals surface area contributed by atoms with Gasteiger partial charge in [0.05, 0.1) is 6.54 Å². The Bertz CT molecular complexity index is 1240. The molecule has 0 unspecified atom stereocenters. The molecule has 4 aromatic rings. The maximum atomic E-state index is 12.4. The number of nitrogens with one attached hydrogen (secondary N) is 1. The molecule has 0 radical (unpaired) electrons. The number of aromatic nitrogens is 4. The van der Waals surface area contributed by atoms with Crippen molar-refractivity contribution in [2.24, 2.45) is 0 Å². The first kappa shape index (κ1) is 19.4. The lowest BCUT2D eigenvalue weighted by Gasteiger charge is -2.09. The topological polar surface area (TPSA) is 81.3 Å². The number of pyridine rings is 1. The highest BCUT2D eigenvalue weighted by Gasteiger charge is 2.10. The summed E-state index contributed by atoms with van der Waals surface area (Å²) in [5.41, 5.74) is 3.07. The average molecular weight is 426 g/mol. The Morgan fingerprint density at radius 1 is 1.24 bits per heavy atom. The van der Waals surface area contributed by atoms with E-state index in [1.165, 1.54) is 9.08 Å². The molecule has 1 aromatic carbocycles. The van der Waals surface area contributed by atoms with Crippen LogP contribution in [0.1, 0.15) is 17.7 Å². The maximum Gasteiger partial charge on any atom is 0.350 e. The summed E-state index contributed by atoms with van der Waals surface area (Å²) in [6.07, 6.45) is 1.83. The van der Waals surface area contributed by atoms with Crippen molar-refractivity contribution in [3.05, 3.63) is 69.7 Å². The molecule has 0 aliphatic heterocycles. The van der Waals surface area contributed by atoms with Gasteiger partial charge >= 0.3 is 5.69 Å². The largest absolute Gasteiger partial charge is 0.350 e. The molecule has 4 rings (SSSR count). The minimum absolute atomic E-state index is 0.159. The Morgan fingerprint density at radius 2 is 2.10 bits per heavy atom. The fraction of sp³-hybridized carbons (Fsp3) is 0.200. The van der Waals surface area contributed by atoms with Crippen LogP contribution in [0.2, 0.25) is 0 Å². The van der Waals surface area contributed by atoms with Crippen molar-refractivity contribution < 1.29 is 4.79 Å². The van der Waals surface area contributed by atoms with Crippen molar-refractivity contribution in [2.45, 2.75) is 36.0 Å². The van der Waals surface area contributed by atoms with Crippen LogP contribution in [0.5, 0.6) is 0 Å². The van der Waals surface area contributed by atoms with Gasteiger partial charge in [-0.25, -0.2) is 14.5 Å².